The Hall–Kier alpha value is -0.850. The maximum absolute atomic E-state index is 5.88. The standard InChI is InChI=1S/C16H29N3O3/c1-2-17-16(19-14-10-12-5-6-15(14)22-12)18-7-9-20-11-13-4-3-8-21-13/h12-15H,2-11H2,1H3,(H2,17,18,19). The Morgan fingerprint density at radius 2 is 2.27 bits per heavy atom. The predicted octanol–water partition coefficient (Wildman–Crippen LogP) is 1.06. The van der Waals surface area contributed by atoms with Crippen molar-refractivity contribution >= 4 is 5.96 Å². The van der Waals surface area contributed by atoms with Crippen LogP contribution in [0.4, 0.5) is 0 Å². The van der Waals surface area contributed by atoms with Crippen molar-refractivity contribution in [2.75, 3.05) is 32.9 Å². The molecule has 126 valence electrons. The third-order valence-electron chi connectivity index (χ3n) is 4.61. The van der Waals surface area contributed by atoms with Crippen LogP contribution in [-0.2, 0) is 14.2 Å². The summed E-state index contributed by atoms with van der Waals surface area (Å²) in [6, 6.07) is 0.407. The van der Waals surface area contributed by atoms with Crippen molar-refractivity contribution in [2.45, 2.75) is 63.4 Å². The van der Waals surface area contributed by atoms with Gasteiger partial charge in [-0.1, -0.05) is 0 Å². The molecule has 0 spiro atoms. The summed E-state index contributed by atoms with van der Waals surface area (Å²) in [6.07, 6.45) is 6.89. The van der Waals surface area contributed by atoms with Crippen molar-refractivity contribution in [1.29, 1.82) is 0 Å². The van der Waals surface area contributed by atoms with Gasteiger partial charge in [0.1, 0.15) is 0 Å². The number of ether oxygens (including phenoxy) is 3. The van der Waals surface area contributed by atoms with E-state index in [1.807, 2.05) is 0 Å². The van der Waals surface area contributed by atoms with Gasteiger partial charge < -0.3 is 24.8 Å². The van der Waals surface area contributed by atoms with Crippen molar-refractivity contribution in [3.8, 4) is 0 Å². The van der Waals surface area contributed by atoms with E-state index in [2.05, 4.69) is 22.5 Å². The molecule has 4 atom stereocenters. The van der Waals surface area contributed by atoms with Gasteiger partial charge in [-0.3, -0.25) is 4.99 Å². The average Bonchev–Trinajstić information content (AvgIpc) is 3.24. The molecule has 2 N–H and O–H groups in total. The number of guanidine groups is 1. The zero-order valence-corrected chi connectivity index (χ0v) is 13.6. The van der Waals surface area contributed by atoms with E-state index in [4.69, 9.17) is 14.2 Å². The molecule has 0 aromatic carbocycles. The summed E-state index contributed by atoms with van der Waals surface area (Å²) in [6.45, 7) is 5.84. The molecule has 3 rings (SSSR count). The second-order valence-corrected chi connectivity index (χ2v) is 6.33. The molecule has 3 aliphatic heterocycles. The molecule has 0 amide bonds. The molecule has 3 aliphatic rings. The molecule has 22 heavy (non-hydrogen) atoms. The predicted molar refractivity (Wildman–Crippen MR) is 85.2 cm³/mol. The monoisotopic (exact) mass is 311 g/mol. The third kappa shape index (κ3) is 4.33. The van der Waals surface area contributed by atoms with Gasteiger partial charge in [0.15, 0.2) is 5.96 Å². The lowest BCUT2D eigenvalue weighted by molar-refractivity contribution is 0.0200. The zero-order valence-electron chi connectivity index (χ0n) is 13.6. The van der Waals surface area contributed by atoms with E-state index >= 15 is 0 Å². The number of aliphatic imine (C=N–C) groups is 1. The highest BCUT2D eigenvalue weighted by atomic mass is 16.5. The molecule has 0 aromatic rings. The molecule has 6 nitrogen and oxygen atoms in total. The Bertz CT molecular complexity index is 372. The van der Waals surface area contributed by atoms with Gasteiger partial charge in [0.25, 0.3) is 0 Å². The normalized spacial score (nSPS) is 34.3. The lowest BCUT2D eigenvalue weighted by Gasteiger charge is -2.22. The summed E-state index contributed by atoms with van der Waals surface area (Å²) < 4.78 is 17.1. The molecule has 0 saturated carbocycles. The summed E-state index contributed by atoms with van der Waals surface area (Å²) in [5.74, 6) is 0.879. The first-order valence-corrected chi connectivity index (χ1v) is 8.75. The van der Waals surface area contributed by atoms with Gasteiger partial charge in [0.2, 0.25) is 0 Å². The number of hydrogen-bond acceptors (Lipinski definition) is 4. The van der Waals surface area contributed by atoms with Crippen LogP contribution in [0.1, 0.15) is 39.0 Å². The Kier molecular flexibility index (Phi) is 5.92. The van der Waals surface area contributed by atoms with Crippen LogP contribution in [0.3, 0.4) is 0 Å². The van der Waals surface area contributed by atoms with Crippen molar-refractivity contribution in [3.63, 3.8) is 0 Å². The molecule has 3 saturated heterocycles. The van der Waals surface area contributed by atoms with Crippen LogP contribution in [0.2, 0.25) is 0 Å². The minimum absolute atomic E-state index is 0.293. The number of nitrogens with one attached hydrogen (secondary N) is 2. The number of nitrogens with zero attached hydrogens (tertiary/aromatic N) is 1. The Morgan fingerprint density at radius 1 is 1.32 bits per heavy atom. The fourth-order valence-electron chi connectivity index (χ4n) is 3.50. The van der Waals surface area contributed by atoms with E-state index in [9.17, 15) is 0 Å². The summed E-state index contributed by atoms with van der Waals surface area (Å²) >= 11 is 0. The van der Waals surface area contributed by atoms with Gasteiger partial charge in [-0.2, -0.15) is 0 Å². The maximum Gasteiger partial charge on any atom is 0.191 e. The van der Waals surface area contributed by atoms with Crippen LogP contribution < -0.4 is 10.6 Å². The summed E-state index contributed by atoms with van der Waals surface area (Å²) in [5.41, 5.74) is 0. The second-order valence-electron chi connectivity index (χ2n) is 6.33. The van der Waals surface area contributed by atoms with Gasteiger partial charge in [0, 0.05) is 13.2 Å². The molecule has 0 aromatic heterocycles. The number of fused-ring (bicyclic) bond motifs is 2. The SMILES string of the molecule is CCNC(=NCCOCC1CCCO1)NC1CC2CCC1O2. The van der Waals surface area contributed by atoms with Crippen molar-refractivity contribution in [1.82, 2.24) is 10.6 Å². The van der Waals surface area contributed by atoms with Gasteiger partial charge in [-0.05, 0) is 39.0 Å². The van der Waals surface area contributed by atoms with E-state index < -0.39 is 0 Å². The summed E-state index contributed by atoms with van der Waals surface area (Å²) in [4.78, 5) is 4.60. The molecule has 2 bridgehead atoms. The van der Waals surface area contributed by atoms with Crippen LogP contribution in [0, 0.1) is 0 Å². The minimum atomic E-state index is 0.293. The highest BCUT2D eigenvalue weighted by Gasteiger charge is 2.41. The van der Waals surface area contributed by atoms with E-state index in [-0.39, 0.29) is 0 Å². The molecular formula is C16H29N3O3. The molecule has 0 aliphatic carbocycles. The fourth-order valence-corrected chi connectivity index (χ4v) is 3.50. The van der Waals surface area contributed by atoms with Gasteiger partial charge in [0.05, 0.1) is 44.1 Å². The molecular weight excluding hydrogens is 282 g/mol. The first-order valence-electron chi connectivity index (χ1n) is 8.75. The van der Waals surface area contributed by atoms with Crippen LogP contribution >= 0.6 is 0 Å². The quantitative estimate of drug-likeness (QED) is 0.418. The van der Waals surface area contributed by atoms with Crippen molar-refractivity contribution in [2.24, 2.45) is 4.99 Å². The van der Waals surface area contributed by atoms with E-state index in [1.165, 1.54) is 12.8 Å². The van der Waals surface area contributed by atoms with Crippen molar-refractivity contribution < 1.29 is 14.2 Å². The highest BCUT2D eigenvalue weighted by molar-refractivity contribution is 5.80. The fraction of sp³-hybridized carbons (Fsp3) is 0.938. The zero-order chi connectivity index (χ0) is 15.2. The first kappa shape index (κ1) is 16.0. The molecule has 6 heteroatoms. The Morgan fingerprint density at radius 3 is 2.95 bits per heavy atom. The Balaban J connectivity index is 1.36. The van der Waals surface area contributed by atoms with Crippen molar-refractivity contribution in [3.05, 3.63) is 0 Å². The smallest absolute Gasteiger partial charge is 0.191 e. The van der Waals surface area contributed by atoms with Crippen LogP contribution in [0.5, 0.6) is 0 Å². The molecule has 0 radical (unpaired) electrons. The van der Waals surface area contributed by atoms with Gasteiger partial charge in [-0.15, -0.1) is 0 Å². The lowest BCUT2D eigenvalue weighted by atomic mass is 9.96. The third-order valence-corrected chi connectivity index (χ3v) is 4.61. The summed E-state index contributed by atoms with van der Waals surface area (Å²) in [7, 11) is 0. The van der Waals surface area contributed by atoms with Gasteiger partial charge >= 0.3 is 0 Å². The minimum Gasteiger partial charge on any atom is -0.377 e. The number of hydrogen-bond donors (Lipinski definition) is 2. The second kappa shape index (κ2) is 8.13. The molecule has 4 unspecified atom stereocenters. The van der Waals surface area contributed by atoms with Crippen LogP contribution in [0.25, 0.3) is 0 Å². The first-order chi connectivity index (χ1) is 10.8. The van der Waals surface area contributed by atoms with E-state index in [1.54, 1.807) is 0 Å². The largest absolute Gasteiger partial charge is 0.377 e. The van der Waals surface area contributed by atoms with Crippen LogP contribution in [0.15, 0.2) is 4.99 Å². The molecule has 3 fully saturated rings. The lowest BCUT2D eigenvalue weighted by Crippen LogP contribution is -2.47. The topological polar surface area (TPSA) is 64.1 Å². The molecule has 3 heterocycles. The average molecular weight is 311 g/mol. The van der Waals surface area contributed by atoms with Crippen LogP contribution in [-0.4, -0.2) is 63.2 Å². The maximum atomic E-state index is 5.88. The van der Waals surface area contributed by atoms with E-state index in [0.29, 0.717) is 44.1 Å². The Labute approximate surface area is 133 Å². The van der Waals surface area contributed by atoms with Gasteiger partial charge in [-0.25, -0.2) is 0 Å². The highest BCUT2D eigenvalue weighted by Crippen LogP contribution is 2.34. The van der Waals surface area contributed by atoms with E-state index in [0.717, 1.165) is 38.4 Å². The number of rotatable bonds is 7. The summed E-state index contributed by atoms with van der Waals surface area (Å²) in [5, 5.41) is 6.82.